The van der Waals surface area contributed by atoms with Gasteiger partial charge in [-0.25, -0.2) is 4.90 Å². The van der Waals surface area contributed by atoms with E-state index in [0.29, 0.717) is 29.2 Å². The minimum atomic E-state index is -0.390. The van der Waals surface area contributed by atoms with Crippen LogP contribution < -0.4 is 10.2 Å². The van der Waals surface area contributed by atoms with Gasteiger partial charge >= 0.3 is 0 Å². The number of carbonyl (C=O) groups excluding carboxylic acids is 3. The minimum Gasteiger partial charge on any atom is -0.322 e. The lowest BCUT2D eigenvalue weighted by atomic mass is 9.73. The van der Waals surface area contributed by atoms with Gasteiger partial charge in [0.25, 0.3) is 5.91 Å². The fourth-order valence-electron chi connectivity index (χ4n) is 5.22. The predicted molar refractivity (Wildman–Crippen MR) is 133 cm³/mol. The second-order valence-electron chi connectivity index (χ2n) is 9.08. The van der Waals surface area contributed by atoms with E-state index >= 15 is 0 Å². The molecule has 172 valence electrons. The van der Waals surface area contributed by atoms with Gasteiger partial charge in [0.2, 0.25) is 11.8 Å². The Bertz CT molecular complexity index is 1270. The summed E-state index contributed by atoms with van der Waals surface area (Å²) in [5.74, 6) is -1.26. The highest BCUT2D eigenvalue weighted by atomic mass is 35.5. The molecule has 1 saturated heterocycles. The summed E-state index contributed by atoms with van der Waals surface area (Å²) in [6, 6.07) is 22.2. The van der Waals surface area contributed by atoms with Crippen LogP contribution in [0.3, 0.4) is 0 Å². The SMILES string of the molecule is Cc1ccc(Cl)cc1NC(=O)c1ccccc1N1C(=O)C2CCC(c3ccccc3)CC2C1=O. The largest absolute Gasteiger partial charge is 0.322 e. The molecule has 1 aliphatic carbocycles. The van der Waals surface area contributed by atoms with E-state index in [1.54, 1.807) is 36.4 Å². The number of anilines is 2. The Hall–Kier alpha value is -3.44. The van der Waals surface area contributed by atoms with Crippen LogP contribution >= 0.6 is 11.6 Å². The monoisotopic (exact) mass is 472 g/mol. The lowest BCUT2D eigenvalue weighted by Gasteiger charge is -2.28. The van der Waals surface area contributed by atoms with Gasteiger partial charge in [0.15, 0.2) is 0 Å². The van der Waals surface area contributed by atoms with E-state index in [1.165, 1.54) is 10.5 Å². The summed E-state index contributed by atoms with van der Waals surface area (Å²) in [5, 5.41) is 3.39. The van der Waals surface area contributed by atoms with Crippen molar-refractivity contribution >= 4 is 40.7 Å². The van der Waals surface area contributed by atoms with Crippen molar-refractivity contribution in [3.05, 3.63) is 94.5 Å². The zero-order chi connectivity index (χ0) is 23.8. The lowest BCUT2D eigenvalue weighted by Crippen LogP contribution is -2.33. The Morgan fingerprint density at radius 2 is 1.62 bits per heavy atom. The highest BCUT2D eigenvalue weighted by molar-refractivity contribution is 6.31. The fourth-order valence-corrected chi connectivity index (χ4v) is 5.40. The topological polar surface area (TPSA) is 66.5 Å². The van der Waals surface area contributed by atoms with Crippen LogP contribution in [0.1, 0.15) is 46.7 Å². The highest BCUT2D eigenvalue weighted by Gasteiger charge is 2.51. The van der Waals surface area contributed by atoms with Crippen LogP contribution in [0.4, 0.5) is 11.4 Å². The lowest BCUT2D eigenvalue weighted by molar-refractivity contribution is -0.122. The summed E-state index contributed by atoms with van der Waals surface area (Å²) >= 11 is 6.10. The van der Waals surface area contributed by atoms with Crippen molar-refractivity contribution in [2.24, 2.45) is 11.8 Å². The van der Waals surface area contributed by atoms with Crippen LogP contribution in [0.15, 0.2) is 72.8 Å². The first-order valence-corrected chi connectivity index (χ1v) is 11.9. The van der Waals surface area contributed by atoms with Crippen LogP contribution in [0.25, 0.3) is 0 Å². The Labute approximate surface area is 203 Å². The smallest absolute Gasteiger partial charge is 0.257 e. The molecule has 1 heterocycles. The summed E-state index contributed by atoms with van der Waals surface area (Å²) < 4.78 is 0. The zero-order valence-corrected chi connectivity index (χ0v) is 19.6. The molecule has 6 heteroatoms. The van der Waals surface area contributed by atoms with Crippen molar-refractivity contribution in [3.8, 4) is 0 Å². The summed E-state index contributed by atoms with van der Waals surface area (Å²) in [4.78, 5) is 41.4. The molecule has 1 saturated carbocycles. The first kappa shape index (κ1) is 22.4. The van der Waals surface area contributed by atoms with Crippen molar-refractivity contribution < 1.29 is 14.4 Å². The maximum Gasteiger partial charge on any atom is 0.257 e. The number of para-hydroxylation sites is 1. The molecule has 0 radical (unpaired) electrons. The number of halogens is 1. The van der Waals surface area contributed by atoms with Gasteiger partial charge in [-0.3, -0.25) is 14.4 Å². The van der Waals surface area contributed by atoms with Crippen LogP contribution in [-0.4, -0.2) is 17.7 Å². The summed E-state index contributed by atoms with van der Waals surface area (Å²) in [6.07, 6.45) is 2.18. The van der Waals surface area contributed by atoms with Gasteiger partial charge in [-0.05, 0) is 67.5 Å². The third-order valence-electron chi connectivity index (χ3n) is 7.03. The Morgan fingerprint density at radius 3 is 2.41 bits per heavy atom. The molecule has 0 spiro atoms. The Morgan fingerprint density at radius 1 is 0.912 bits per heavy atom. The van der Waals surface area contributed by atoms with Crippen molar-refractivity contribution in [2.75, 3.05) is 10.2 Å². The van der Waals surface area contributed by atoms with Crippen molar-refractivity contribution in [1.82, 2.24) is 0 Å². The van der Waals surface area contributed by atoms with E-state index in [2.05, 4.69) is 17.4 Å². The molecule has 1 N–H and O–H groups in total. The van der Waals surface area contributed by atoms with Crippen molar-refractivity contribution in [1.29, 1.82) is 0 Å². The molecule has 3 atom stereocenters. The molecule has 0 bridgehead atoms. The minimum absolute atomic E-state index is 0.208. The van der Waals surface area contributed by atoms with Crippen LogP contribution in [0.2, 0.25) is 5.02 Å². The molecular weight excluding hydrogens is 448 g/mol. The number of nitrogens with zero attached hydrogens (tertiary/aromatic N) is 1. The van der Waals surface area contributed by atoms with Gasteiger partial charge in [-0.2, -0.15) is 0 Å². The number of hydrogen-bond donors (Lipinski definition) is 1. The van der Waals surface area contributed by atoms with Crippen LogP contribution in [0.5, 0.6) is 0 Å². The number of benzene rings is 3. The number of nitrogens with one attached hydrogen (secondary N) is 1. The number of aryl methyl sites for hydroxylation is 1. The average molecular weight is 473 g/mol. The summed E-state index contributed by atoms with van der Waals surface area (Å²) in [5.41, 5.74) is 3.27. The van der Waals surface area contributed by atoms with E-state index < -0.39 is 5.91 Å². The summed E-state index contributed by atoms with van der Waals surface area (Å²) in [7, 11) is 0. The number of rotatable bonds is 4. The number of fused-ring (bicyclic) bond motifs is 1. The third-order valence-corrected chi connectivity index (χ3v) is 7.27. The second-order valence-corrected chi connectivity index (χ2v) is 9.51. The third kappa shape index (κ3) is 4.01. The molecule has 2 fully saturated rings. The van der Waals surface area contributed by atoms with E-state index in [4.69, 9.17) is 11.6 Å². The number of carbonyl (C=O) groups is 3. The number of amides is 3. The quantitative estimate of drug-likeness (QED) is 0.475. The van der Waals surface area contributed by atoms with Gasteiger partial charge in [0, 0.05) is 10.7 Å². The van der Waals surface area contributed by atoms with Gasteiger partial charge in [0.05, 0.1) is 23.1 Å². The molecule has 0 aromatic heterocycles. The second kappa shape index (κ2) is 9.07. The van der Waals surface area contributed by atoms with Crippen LogP contribution in [0, 0.1) is 18.8 Å². The first-order chi connectivity index (χ1) is 16.4. The molecule has 3 aromatic rings. The average Bonchev–Trinajstić information content (AvgIpc) is 3.11. The molecule has 2 aliphatic rings. The van der Waals surface area contributed by atoms with E-state index in [0.717, 1.165) is 12.0 Å². The molecule has 3 aromatic carbocycles. The Kier molecular flexibility index (Phi) is 5.96. The summed E-state index contributed by atoms with van der Waals surface area (Å²) in [6.45, 7) is 1.87. The number of hydrogen-bond acceptors (Lipinski definition) is 3. The molecule has 3 unspecified atom stereocenters. The highest BCUT2D eigenvalue weighted by Crippen LogP contribution is 2.46. The van der Waals surface area contributed by atoms with Gasteiger partial charge < -0.3 is 5.32 Å². The first-order valence-electron chi connectivity index (χ1n) is 11.5. The molecule has 3 amide bonds. The van der Waals surface area contributed by atoms with Gasteiger partial charge in [-0.1, -0.05) is 60.1 Å². The molecule has 5 rings (SSSR count). The van der Waals surface area contributed by atoms with E-state index in [9.17, 15) is 14.4 Å². The van der Waals surface area contributed by atoms with Gasteiger partial charge in [0.1, 0.15) is 0 Å². The number of imide groups is 1. The zero-order valence-electron chi connectivity index (χ0n) is 18.8. The van der Waals surface area contributed by atoms with Crippen molar-refractivity contribution in [3.63, 3.8) is 0 Å². The van der Waals surface area contributed by atoms with Crippen molar-refractivity contribution in [2.45, 2.75) is 32.1 Å². The predicted octanol–water partition coefficient (Wildman–Crippen LogP) is 5.97. The maximum absolute atomic E-state index is 13.5. The molecule has 1 aliphatic heterocycles. The fraction of sp³-hybridized carbons (Fsp3) is 0.250. The van der Waals surface area contributed by atoms with Crippen LogP contribution in [-0.2, 0) is 9.59 Å². The molecule has 5 nitrogen and oxygen atoms in total. The Balaban J connectivity index is 1.42. The normalized spacial score (nSPS) is 21.9. The molecule has 34 heavy (non-hydrogen) atoms. The standard InChI is InChI=1S/C28H25ClN2O3/c1-17-11-13-20(29)16-24(17)30-26(32)22-9-5-6-10-25(22)31-27(33)21-14-12-19(15-23(21)28(31)34)18-7-3-2-4-8-18/h2-11,13,16,19,21,23H,12,14-15H2,1H3,(H,30,32). The van der Waals surface area contributed by atoms with Gasteiger partial charge in [-0.15, -0.1) is 0 Å². The molecular formula is C28H25ClN2O3. The van der Waals surface area contributed by atoms with E-state index in [1.807, 2.05) is 31.2 Å². The van der Waals surface area contributed by atoms with E-state index in [-0.39, 0.29) is 35.1 Å². The maximum atomic E-state index is 13.5.